The van der Waals surface area contributed by atoms with Crippen LogP contribution in [0.2, 0.25) is 0 Å². The molecule has 184 valence electrons. The minimum atomic E-state index is -0.626. The van der Waals surface area contributed by atoms with Gasteiger partial charge in [-0.3, -0.25) is 14.4 Å². The Balaban J connectivity index is 1.81. The van der Waals surface area contributed by atoms with E-state index in [1.165, 1.54) is 31.4 Å². The number of imidazole rings is 1. The summed E-state index contributed by atoms with van der Waals surface area (Å²) in [4.78, 5) is 53.0. The number of rotatable bonds is 8. The van der Waals surface area contributed by atoms with Gasteiger partial charge in [-0.2, -0.15) is 0 Å². The summed E-state index contributed by atoms with van der Waals surface area (Å²) in [6.45, 7) is 1.80. The summed E-state index contributed by atoms with van der Waals surface area (Å²) in [5, 5.41) is 0. The van der Waals surface area contributed by atoms with Gasteiger partial charge in [0.15, 0.2) is 17.0 Å². The third kappa shape index (κ3) is 4.85. The van der Waals surface area contributed by atoms with Crippen LogP contribution in [0.4, 0.5) is 5.82 Å². The zero-order valence-electron chi connectivity index (χ0n) is 19.9. The highest BCUT2D eigenvalue weighted by Crippen LogP contribution is 2.26. The van der Waals surface area contributed by atoms with Crippen molar-refractivity contribution in [3.63, 3.8) is 0 Å². The van der Waals surface area contributed by atoms with Crippen LogP contribution in [0.5, 0.6) is 11.5 Å². The minimum absolute atomic E-state index is 0.0238. The molecule has 36 heavy (non-hydrogen) atoms. The summed E-state index contributed by atoms with van der Waals surface area (Å²) in [6, 6.07) is 12.7. The lowest BCUT2D eigenvalue weighted by Gasteiger charge is -2.20. The molecule has 2 aromatic carbocycles. The van der Waals surface area contributed by atoms with Crippen molar-refractivity contribution in [1.29, 1.82) is 0 Å². The Morgan fingerprint density at radius 3 is 1.89 bits per heavy atom. The average molecular weight is 489 g/mol. The predicted molar refractivity (Wildman–Crippen MR) is 129 cm³/mol. The van der Waals surface area contributed by atoms with E-state index in [1.807, 2.05) is 0 Å². The van der Waals surface area contributed by atoms with E-state index in [-0.39, 0.29) is 41.3 Å². The van der Waals surface area contributed by atoms with Crippen LogP contribution in [-0.4, -0.2) is 58.1 Å². The van der Waals surface area contributed by atoms with Gasteiger partial charge in [0.1, 0.15) is 24.4 Å². The summed E-state index contributed by atoms with van der Waals surface area (Å²) >= 11 is 0. The molecule has 0 spiro atoms. The van der Waals surface area contributed by atoms with Crippen LogP contribution in [0.3, 0.4) is 0 Å². The molecule has 4 rings (SSSR count). The number of aromatic nitrogens is 4. The summed E-state index contributed by atoms with van der Waals surface area (Å²) < 4.78 is 16.8. The van der Waals surface area contributed by atoms with Gasteiger partial charge in [0.05, 0.1) is 27.2 Å². The molecule has 0 radical (unpaired) electrons. The quantitative estimate of drug-likeness (QED) is 0.271. The lowest BCUT2D eigenvalue weighted by atomic mass is 10.1. The maximum Gasteiger partial charge on any atom is 0.326 e. The largest absolute Gasteiger partial charge is 0.497 e. The molecule has 2 amide bonds. The van der Waals surface area contributed by atoms with Gasteiger partial charge in [-0.05, 0) is 55.5 Å². The molecule has 0 unspecified atom stereocenters. The van der Waals surface area contributed by atoms with Gasteiger partial charge in [0, 0.05) is 11.1 Å². The molecular formula is C25H23N5O6. The maximum atomic E-state index is 13.7. The number of hydrogen-bond acceptors (Lipinski definition) is 9. The number of nitrogens with zero attached hydrogens (tertiary/aromatic N) is 5. The smallest absolute Gasteiger partial charge is 0.326 e. The van der Waals surface area contributed by atoms with Gasteiger partial charge < -0.3 is 18.8 Å². The van der Waals surface area contributed by atoms with E-state index < -0.39 is 17.8 Å². The zero-order chi connectivity index (χ0) is 25.7. The van der Waals surface area contributed by atoms with Gasteiger partial charge in [0.25, 0.3) is 11.8 Å². The molecule has 0 atom stereocenters. The van der Waals surface area contributed by atoms with E-state index in [4.69, 9.17) is 14.2 Å². The third-order valence-electron chi connectivity index (χ3n) is 5.28. The average Bonchev–Trinajstić information content (AvgIpc) is 3.32. The van der Waals surface area contributed by atoms with Crippen LogP contribution in [0.1, 0.15) is 27.6 Å². The summed E-state index contributed by atoms with van der Waals surface area (Å²) in [5.74, 6) is -0.637. The number of ether oxygens (including phenoxy) is 3. The SMILES string of the molecule is CCOC(=O)Cn1cnc2c(N(C(=O)c3ccc(OC)cc3)C(=O)c3ccc(OC)cc3)ncnc21. The predicted octanol–water partition coefficient (Wildman–Crippen LogP) is 2.89. The van der Waals surface area contributed by atoms with Crippen LogP contribution in [0.25, 0.3) is 11.2 Å². The minimum Gasteiger partial charge on any atom is -0.497 e. The number of carbonyl (C=O) groups is 3. The van der Waals surface area contributed by atoms with E-state index in [0.717, 1.165) is 4.90 Å². The number of imide groups is 1. The van der Waals surface area contributed by atoms with Gasteiger partial charge in [0.2, 0.25) is 0 Å². The Hall–Kier alpha value is -4.80. The van der Waals surface area contributed by atoms with Crippen molar-refractivity contribution in [2.45, 2.75) is 13.5 Å². The van der Waals surface area contributed by atoms with Gasteiger partial charge in [-0.25, -0.2) is 19.9 Å². The molecule has 2 aromatic heterocycles. The van der Waals surface area contributed by atoms with Crippen molar-refractivity contribution in [3.8, 4) is 11.5 Å². The second-order valence-corrected chi connectivity index (χ2v) is 7.45. The van der Waals surface area contributed by atoms with Crippen LogP contribution in [0, 0.1) is 0 Å². The second kappa shape index (κ2) is 10.6. The molecule has 0 saturated heterocycles. The zero-order valence-corrected chi connectivity index (χ0v) is 19.9. The summed E-state index contributed by atoms with van der Waals surface area (Å²) in [5.41, 5.74) is 0.902. The molecule has 11 nitrogen and oxygen atoms in total. The van der Waals surface area contributed by atoms with Gasteiger partial charge in [-0.15, -0.1) is 0 Å². The highest BCUT2D eigenvalue weighted by molar-refractivity contribution is 6.27. The van der Waals surface area contributed by atoms with Crippen molar-refractivity contribution in [2.24, 2.45) is 0 Å². The summed E-state index contributed by atoms with van der Waals surface area (Å²) in [6.07, 6.45) is 2.59. The van der Waals surface area contributed by atoms with Crippen LogP contribution < -0.4 is 14.4 Å². The molecule has 2 heterocycles. The van der Waals surface area contributed by atoms with Gasteiger partial charge in [-0.1, -0.05) is 0 Å². The number of benzene rings is 2. The molecule has 0 saturated carbocycles. The lowest BCUT2D eigenvalue weighted by Crippen LogP contribution is -2.38. The van der Waals surface area contributed by atoms with E-state index in [2.05, 4.69) is 15.0 Å². The first kappa shape index (κ1) is 24.3. The molecule has 4 aromatic rings. The van der Waals surface area contributed by atoms with Crippen molar-refractivity contribution in [3.05, 3.63) is 72.3 Å². The normalized spacial score (nSPS) is 10.6. The van der Waals surface area contributed by atoms with E-state index in [0.29, 0.717) is 11.5 Å². The number of amides is 2. The molecule has 0 N–H and O–H groups in total. The molecule has 0 aliphatic carbocycles. The fraction of sp³-hybridized carbons (Fsp3) is 0.200. The highest BCUT2D eigenvalue weighted by Gasteiger charge is 2.30. The Kier molecular flexibility index (Phi) is 7.19. The first-order chi connectivity index (χ1) is 17.5. The number of methoxy groups -OCH3 is 2. The first-order valence-electron chi connectivity index (χ1n) is 10.9. The molecule has 0 aliphatic rings. The van der Waals surface area contributed by atoms with E-state index in [1.54, 1.807) is 55.5 Å². The molecule has 0 bridgehead atoms. The molecule has 11 heteroatoms. The Bertz CT molecular complexity index is 1340. The van der Waals surface area contributed by atoms with Crippen LogP contribution in [-0.2, 0) is 16.1 Å². The highest BCUT2D eigenvalue weighted by atomic mass is 16.5. The van der Waals surface area contributed by atoms with Crippen molar-refractivity contribution in [2.75, 3.05) is 25.7 Å². The van der Waals surface area contributed by atoms with Crippen molar-refractivity contribution >= 4 is 34.8 Å². The summed E-state index contributed by atoms with van der Waals surface area (Å²) in [7, 11) is 3.03. The standard InChI is InChI=1S/C25H23N5O6/c1-4-36-20(31)13-29-15-28-21-22(29)26-14-27-23(21)30(24(32)16-5-9-18(34-2)10-6-16)25(33)17-7-11-19(35-3)12-8-17/h5-12,14-15H,4,13H2,1-3H3. The van der Waals surface area contributed by atoms with Crippen molar-refractivity contribution < 1.29 is 28.6 Å². The van der Waals surface area contributed by atoms with Crippen LogP contribution in [0.15, 0.2) is 61.2 Å². The number of hydrogen-bond donors (Lipinski definition) is 0. The lowest BCUT2D eigenvalue weighted by molar-refractivity contribution is -0.143. The molecule has 0 fully saturated rings. The topological polar surface area (TPSA) is 126 Å². The molecular weight excluding hydrogens is 466 g/mol. The fourth-order valence-corrected chi connectivity index (χ4v) is 3.50. The van der Waals surface area contributed by atoms with E-state index in [9.17, 15) is 14.4 Å². The van der Waals surface area contributed by atoms with Gasteiger partial charge >= 0.3 is 5.97 Å². The van der Waals surface area contributed by atoms with Crippen LogP contribution >= 0.6 is 0 Å². The third-order valence-corrected chi connectivity index (χ3v) is 5.28. The second-order valence-electron chi connectivity index (χ2n) is 7.45. The first-order valence-corrected chi connectivity index (χ1v) is 10.9. The Labute approximate surface area is 206 Å². The number of carbonyl (C=O) groups excluding carboxylic acids is 3. The maximum absolute atomic E-state index is 13.7. The Morgan fingerprint density at radius 2 is 1.39 bits per heavy atom. The number of anilines is 1. The fourth-order valence-electron chi connectivity index (χ4n) is 3.50. The van der Waals surface area contributed by atoms with Crippen molar-refractivity contribution in [1.82, 2.24) is 19.5 Å². The number of esters is 1. The Morgan fingerprint density at radius 1 is 0.833 bits per heavy atom. The molecule has 0 aliphatic heterocycles. The number of fused-ring (bicyclic) bond motifs is 1. The van der Waals surface area contributed by atoms with E-state index >= 15 is 0 Å². The monoisotopic (exact) mass is 489 g/mol.